The number of hydrogen-bond acceptors (Lipinski definition) is 3. The van der Waals surface area contributed by atoms with E-state index in [-0.39, 0.29) is 11.7 Å². The van der Waals surface area contributed by atoms with Gasteiger partial charge in [0.2, 0.25) is 0 Å². The Kier molecular flexibility index (Phi) is 3.00. The quantitative estimate of drug-likeness (QED) is 0.659. The molecule has 1 aromatic carbocycles. The van der Waals surface area contributed by atoms with Gasteiger partial charge in [0.1, 0.15) is 11.4 Å². The number of nitrogens with two attached hydrogens (primary N) is 1. The molecular formula is C13H17N3O2. The van der Waals surface area contributed by atoms with Gasteiger partial charge < -0.3 is 21.1 Å². The second-order valence-corrected chi connectivity index (χ2v) is 5.10. The third-order valence-corrected chi connectivity index (χ3v) is 2.58. The molecule has 0 fully saturated rings. The number of carbonyl (C=O) groups excluding carboxylic acids is 1. The molecule has 1 heterocycles. The summed E-state index contributed by atoms with van der Waals surface area (Å²) < 4.78 is 0. The van der Waals surface area contributed by atoms with E-state index in [9.17, 15) is 9.90 Å². The van der Waals surface area contributed by atoms with Crippen LogP contribution >= 0.6 is 0 Å². The Bertz CT molecular complexity index is 581. The molecule has 0 aliphatic carbocycles. The second-order valence-electron chi connectivity index (χ2n) is 5.10. The summed E-state index contributed by atoms with van der Waals surface area (Å²) in [5.41, 5.74) is 6.32. The van der Waals surface area contributed by atoms with Crippen molar-refractivity contribution in [3.63, 3.8) is 0 Å². The summed E-state index contributed by atoms with van der Waals surface area (Å²) in [5.74, 6) is -0.102. The minimum atomic E-state index is -0.455. The molecule has 18 heavy (non-hydrogen) atoms. The smallest absolute Gasteiger partial charge is 0.267 e. The Labute approximate surface area is 105 Å². The first kappa shape index (κ1) is 12.4. The molecule has 0 saturated carbocycles. The number of phenols is 1. The van der Waals surface area contributed by atoms with E-state index in [1.54, 1.807) is 18.2 Å². The molecule has 5 heteroatoms. The van der Waals surface area contributed by atoms with Crippen LogP contribution in [0.1, 0.15) is 24.3 Å². The molecule has 0 unspecified atom stereocenters. The van der Waals surface area contributed by atoms with Crippen LogP contribution in [0.4, 0.5) is 0 Å². The van der Waals surface area contributed by atoms with E-state index in [1.165, 1.54) is 0 Å². The molecule has 5 N–H and O–H groups in total. The van der Waals surface area contributed by atoms with Crippen LogP contribution in [-0.4, -0.2) is 28.1 Å². The van der Waals surface area contributed by atoms with Crippen molar-refractivity contribution in [2.24, 2.45) is 5.73 Å². The molecular weight excluding hydrogens is 230 g/mol. The zero-order chi connectivity index (χ0) is 13.3. The van der Waals surface area contributed by atoms with Gasteiger partial charge in [0.25, 0.3) is 5.91 Å². The molecule has 0 radical (unpaired) electrons. The van der Waals surface area contributed by atoms with Crippen molar-refractivity contribution < 1.29 is 9.90 Å². The number of benzene rings is 1. The molecule has 96 valence electrons. The molecule has 5 nitrogen and oxygen atoms in total. The zero-order valence-corrected chi connectivity index (χ0v) is 10.4. The molecule has 2 rings (SSSR count). The first-order valence-corrected chi connectivity index (χ1v) is 5.74. The van der Waals surface area contributed by atoms with Gasteiger partial charge >= 0.3 is 0 Å². The number of aromatic nitrogens is 1. The first-order valence-electron chi connectivity index (χ1n) is 5.74. The van der Waals surface area contributed by atoms with Crippen LogP contribution in [0.25, 0.3) is 10.9 Å². The Morgan fingerprint density at radius 3 is 2.83 bits per heavy atom. The predicted octanol–water partition coefficient (Wildman–Crippen LogP) is 1.34. The molecule has 0 saturated heterocycles. The number of fused-ring (bicyclic) bond motifs is 1. The third-order valence-electron chi connectivity index (χ3n) is 2.58. The van der Waals surface area contributed by atoms with Crippen LogP contribution in [0.15, 0.2) is 24.3 Å². The number of phenolic OH excluding ortho intramolecular Hbond substituents is 1. The molecule has 1 aromatic heterocycles. The van der Waals surface area contributed by atoms with E-state index >= 15 is 0 Å². The molecule has 0 spiro atoms. The van der Waals surface area contributed by atoms with Crippen molar-refractivity contribution in [2.75, 3.05) is 6.54 Å². The molecule has 1 amide bonds. The number of aromatic hydroxyl groups is 1. The lowest BCUT2D eigenvalue weighted by Crippen LogP contribution is -2.45. The monoisotopic (exact) mass is 247 g/mol. The van der Waals surface area contributed by atoms with E-state index in [0.29, 0.717) is 17.8 Å². The summed E-state index contributed by atoms with van der Waals surface area (Å²) >= 11 is 0. The van der Waals surface area contributed by atoms with Crippen LogP contribution in [0, 0.1) is 0 Å². The van der Waals surface area contributed by atoms with Crippen LogP contribution < -0.4 is 11.1 Å². The van der Waals surface area contributed by atoms with Crippen molar-refractivity contribution in [1.29, 1.82) is 0 Å². The van der Waals surface area contributed by atoms with Gasteiger partial charge in [0.05, 0.1) is 5.52 Å². The number of para-hydroxylation sites is 1. The highest BCUT2D eigenvalue weighted by molar-refractivity contribution is 5.99. The van der Waals surface area contributed by atoms with Gasteiger partial charge in [-0.15, -0.1) is 0 Å². The van der Waals surface area contributed by atoms with Crippen LogP contribution in [-0.2, 0) is 0 Å². The van der Waals surface area contributed by atoms with E-state index in [4.69, 9.17) is 5.73 Å². The Morgan fingerprint density at radius 2 is 2.22 bits per heavy atom. The lowest BCUT2D eigenvalue weighted by atomic mass is 10.1. The van der Waals surface area contributed by atoms with E-state index in [2.05, 4.69) is 10.3 Å². The number of nitrogens with one attached hydrogen (secondary N) is 2. The van der Waals surface area contributed by atoms with Crippen molar-refractivity contribution >= 4 is 16.8 Å². The largest absolute Gasteiger partial charge is 0.506 e. The lowest BCUT2D eigenvalue weighted by Gasteiger charge is -2.18. The summed E-state index contributed by atoms with van der Waals surface area (Å²) in [6.07, 6.45) is 0. The first-order chi connectivity index (χ1) is 8.37. The highest BCUT2D eigenvalue weighted by Crippen LogP contribution is 2.24. The minimum absolute atomic E-state index is 0.130. The highest BCUT2D eigenvalue weighted by Gasteiger charge is 2.15. The van der Waals surface area contributed by atoms with Crippen LogP contribution in [0.2, 0.25) is 0 Å². The number of H-pyrrole nitrogens is 1. The predicted molar refractivity (Wildman–Crippen MR) is 70.6 cm³/mol. The van der Waals surface area contributed by atoms with E-state index in [0.717, 1.165) is 5.39 Å². The number of rotatable bonds is 3. The van der Waals surface area contributed by atoms with Crippen molar-refractivity contribution in [1.82, 2.24) is 10.3 Å². The summed E-state index contributed by atoms with van der Waals surface area (Å²) in [7, 11) is 0. The molecule has 0 aliphatic rings. The van der Waals surface area contributed by atoms with Gasteiger partial charge in [-0.25, -0.2) is 0 Å². The summed E-state index contributed by atoms with van der Waals surface area (Å²) in [4.78, 5) is 14.8. The van der Waals surface area contributed by atoms with E-state index in [1.807, 2.05) is 19.9 Å². The summed E-state index contributed by atoms with van der Waals surface area (Å²) in [5, 5.41) is 13.2. The van der Waals surface area contributed by atoms with Gasteiger partial charge in [-0.3, -0.25) is 4.79 Å². The lowest BCUT2D eigenvalue weighted by molar-refractivity contribution is 0.0942. The van der Waals surface area contributed by atoms with Gasteiger partial charge in [-0.05, 0) is 26.0 Å². The number of carbonyl (C=O) groups is 1. The zero-order valence-electron chi connectivity index (χ0n) is 10.4. The summed E-state index contributed by atoms with van der Waals surface area (Å²) in [6.45, 7) is 4.06. The molecule has 0 atom stereocenters. The summed E-state index contributed by atoms with van der Waals surface area (Å²) in [6, 6.07) is 6.84. The molecule has 0 aliphatic heterocycles. The van der Waals surface area contributed by atoms with Crippen molar-refractivity contribution in [3.8, 4) is 5.75 Å². The highest BCUT2D eigenvalue weighted by atomic mass is 16.3. The van der Waals surface area contributed by atoms with Gasteiger partial charge in [0.15, 0.2) is 0 Å². The maximum atomic E-state index is 11.9. The number of amides is 1. The topological polar surface area (TPSA) is 91.1 Å². The second kappa shape index (κ2) is 4.34. The fourth-order valence-electron chi connectivity index (χ4n) is 1.67. The van der Waals surface area contributed by atoms with Gasteiger partial charge in [0, 0.05) is 17.5 Å². The number of hydrogen-bond donors (Lipinski definition) is 4. The SMILES string of the molecule is CC(C)(N)CNC(=O)c1cc2cccc(O)c2[nH]1. The standard InChI is InChI=1S/C13H17N3O2/c1-13(2,14)7-15-12(18)9-6-8-4-3-5-10(17)11(8)16-9/h3-6,16-17H,7,14H2,1-2H3,(H,15,18). The van der Waals surface area contributed by atoms with Gasteiger partial charge in [-0.2, -0.15) is 0 Å². The maximum absolute atomic E-state index is 11.9. The molecule has 2 aromatic rings. The minimum Gasteiger partial charge on any atom is -0.506 e. The average Bonchev–Trinajstić information content (AvgIpc) is 2.70. The van der Waals surface area contributed by atoms with Crippen LogP contribution in [0.3, 0.4) is 0 Å². The third kappa shape index (κ3) is 2.62. The number of aromatic amines is 1. The Hall–Kier alpha value is -2.01. The normalized spacial score (nSPS) is 11.7. The van der Waals surface area contributed by atoms with Crippen LogP contribution in [0.5, 0.6) is 5.75 Å². The maximum Gasteiger partial charge on any atom is 0.267 e. The van der Waals surface area contributed by atoms with E-state index < -0.39 is 5.54 Å². The Balaban J connectivity index is 2.21. The average molecular weight is 247 g/mol. The van der Waals surface area contributed by atoms with Crippen molar-refractivity contribution in [3.05, 3.63) is 30.0 Å². The molecule has 0 bridgehead atoms. The fraction of sp³-hybridized carbons (Fsp3) is 0.308. The fourth-order valence-corrected chi connectivity index (χ4v) is 1.67. The van der Waals surface area contributed by atoms with Gasteiger partial charge in [-0.1, -0.05) is 12.1 Å². The van der Waals surface area contributed by atoms with Crippen molar-refractivity contribution in [2.45, 2.75) is 19.4 Å². The Morgan fingerprint density at radius 1 is 1.50 bits per heavy atom.